The minimum atomic E-state index is -0.567. The van der Waals surface area contributed by atoms with Gasteiger partial charge in [-0.1, -0.05) is 6.07 Å². The number of carbonyl (C=O) groups is 1. The second-order valence-corrected chi connectivity index (χ2v) is 6.47. The SMILES string of the molecule is CC(C)(C)OC(=O)Nc1ccc(NCc2ccc3c(c2)OCO3)nn1. The molecule has 0 saturated heterocycles. The molecule has 0 spiro atoms. The number of nitrogens with zero attached hydrogens (tertiary/aromatic N) is 2. The molecule has 0 saturated carbocycles. The van der Waals surface area contributed by atoms with Crippen LogP contribution < -0.4 is 20.1 Å². The lowest BCUT2D eigenvalue weighted by atomic mass is 10.2. The standard InChI is InChI=1S/C17H20N4O4/c1-17(2,3)25-16(22)19-15-7-6-14(20-21-15)18-9-11-4-5-12-13(8-11)24-10-23-12/h4-8H,9-10H2,1-3H3,(H,18,20)(H,19,21,22). The van der Waals surface area contributed by atoms with Gasteiger partial charge >= 0.3 is 6.09 Å². The molecule has 1 aliphatic heterocycles. The molecule has 0 radical (unpaired) electrons. The Bertz CT molecular complexity index is 756. The van der Waals surface area contributed by atoms with Crippen LogP contribution in [0.25, 0.3) is 0 Å². The highest BCUT2D eigenvalue weighted by atomic mass is 16.7. The number of hydrogen-bond donors (Lipinski definition) is 2. The first-order chi connectivity index (χ1) is 11.9. The maximum Gasteiger partial charge on any atom is 0.413 e. The number of anilines is 2. The van der Waals surface area contributed by atoms with E-state index in [0.717, 1.165) is 17.1 Å². The molecule has 1 aromatic heterocycles. The highest BCUT2D eigenvalue weighted by molar-refractivity contribution is 5.83. The van der Waals surface area contributed by atoms with Crippen LogP contribution >= 0.6 is 0 Å². The monoisotopic (exact) mass is 344 g/mol. The van der Waals surface area contributed by atoms with Gasteiger partial charge in [-0.25, -0.2) is 4.79 Å². The van der Waals surface area contributed by atoms with Crippen LogP contribution in [-0.2, 0) is 11.3 Å². The van der Waals surface area contributed by atoms with Gasteiger partial charge in [0.05, 0.1) is 0 Å². The molecule has 8 nitrogen and oxygen atoms in total. The summed E-state index contributed by atoms with van der Waals surface area (Å²) in [6, 6.07) is 9.12. The minimum absolute atomic E-state index is 0.254. The number of fused-ring (bicyclic) bond motifs is 1. The first kappa shape index (κ1) is 16.8. The average molecular weight is 344 g/mol. The fraction of sp³-hybridized carbons (Fsp3) is 0.353. The molecule has 0 bridgehead atoms. The van der Waals surface area contributed by atoms with Gasteiger partial charge in [-0.3, -0.25) is 5.32 Å². The molecule has 132 valence electrons. The lowest BCUT2D eigenvalue weighted by molar-refractivity contribution is 0.0635. The van der Waals surface area contributed by atoms with Crippen molar-refractivity contribution in [2.45, 2.75) is 32.9 Å². The van der Waals surface area contributed by atoms with Gasteiger partial charge in [0.1, 0.15) is 11.4 Å². The summed E-state index contributed by atoms with van der Waals surface area (Å²) in [6.45, 7) is 6.19. The van der Waals surface area contributed by atoms with Gasteiger partial charge in [-0.2, -0.15) is 0 Å². The van der Waals surface area contributed by atoms with Crippen molar-refractivity contribution in [2.75, 3.05) is 17.4 Å². The van der Waals surface area contributed by atoms with Crippen LogP contribution in [0.1, 0.15) is 26.3 Å². The van der Waals surface area contributed by atoms with E-state index in [4.69, 9.17) is 14.2 Å². The highest BCUT2D eigenvalue weighted by Crippen LogP contribution is 2.32. The molecule has 0 fully saturated rings. The van der Waals surface area contributed by atoms with Crippen LogP contribution in [-0.4, -0.2) is 28.7 Å². The predicted molar refractivity (Wildman–Crippen MR) is 91.8 cm³/mol. The third-order valence-electron chi connectivity index (χ3n) is 3.20. The Morgan fingerprint density at radius 3 is 2.56 bits per heavy atom. The number of ether oxygens (including phenoxy) is 3. The Kier molecular flexibility index (Phi) is 4.60. The van der Waals surface area contributed by atoms with E-state index in [1.54, 1.807) is 32.9 Å². The van der Waals surface area contributed by atoms with E-state index in [0.29, 0.717) is 18.2 Å². The zero-order chi connectivity index (χ0) is 17.9. The van der Waals surface area contributed by atoms with Crippen LogP contribution in [0.2, 0.25) is 0 Å². The Morgan fingerprint density at radius 1 is 1.12 bits per heavy atom. The first-order valence-electron chi connectivity index (χ1n) is 7.85. The summed E-state index contributed by atoms with van der Waals surface area (Å²) in [5.41, 5.74) is 0.464. The van der Waals surface area contributed by atoms with E-state index in [1.165, 1.54) is 0 Å². The van der Waals surface area contributed by atoms with Crippen molar-refractivity contribution in [3.8, 4) is 11.5 Å². The van der Waals surface area contributed by atoms with Gasteiger partial charge in [0.25, 0.3) is 0 Å². The van der Waals surface area contributed by atoms with Gasteiger partial charge in [-0.15, -0.1) is 10.2 Å². The van der Waals surface area contributed by atoms with Gasteiger partial charge in [0.15, 0.2) is 17.3 Å². The molecule has 3 rings (SSSR count). The largest absolute Gasteiger partial charge is 0.454 e. The van der Waals surface area contributed by atoms with Crippen molar-refractivity contribution in [3.05, 3.63) is 35.9 Å². The van der Waals surface area contributed by atoms with Crippen molar-refractivity contribution < 1.29 is 19.0 Å². The Balaban J connectivity index is 1.53. The summed E-state index contributed by atoms with van der Waals surface area (Å²) in [6.07, 6.45) is -0.567. The lowest BCUT2D eigenvalue weighted by Gasteiger charge is -2.19. The van der Waals surface area contributed by atoms with Crippen molar-refractivity contribution in [3.63, 3.8) is 0 Å². The second kappa shape index (κ2) is 6.84. The molecule has 2 N–H and O–H groups in total. The van der Waals surface area contributed by atoms with Crippen molar-refractivity contribution >= 4 is 17.7 Å². The van der Waals surface area contributed by atoms with Gasteiger partial charge in [0.2, 0.25) is 6.79 Å². The molecule has 1 aromatic carbocycles. The maximum absolute atomic E-state index is 11.7. The molecule has 2 aromatic rings. The van der Waals surface area contributed by atoms with E-state index in [2.05, 4.69) is 20.8 Å². The summed E-state index contributed by atoms with van der Waals surface area (Å²) in [5, 5.41) is 13.7. The molecular weight excluding hydrogens is 324 g/mol. The topological polar surface area (TPSA) is 94.6 Å². The number of hydrogen-bond acceptors (Lipinski definition) is 7. The van der Waals surface area contributed by atoms with Crippen LogP contribution in [0.15, 0.2) is 30.3 Å². The van der Waals surface area contributed by atoms with Crippen molar-refractivity contribution in [1.29, 1.82) is 0 Å². The smallest absolute Gasteiger partial charge is 0.413 e. The second-order valence-electron chi connectivity index (χ2n) is 6.47. The zero-order valence-electron chi connectivity index (χ0n) is 14.3. The highest BCUT2D eigenvalue weighted by Gasteiger charge is 2.16. The normalized spacial score (nSPS) is 12.6. The predicted octanol–water partition coefficient (Wildman–Crippen LogP) is 3.16. The number of aromatic nitrogens is 2. The first-order valence-corrected chi connectivity index (χ1v) is 7.85. The van der Waals surface area contributed by atoms with Gasteiger partial charge < -0.3 is 19.5 Å². The molecule has 25 heavy (non-hydrogen) atoms. The zero-order valence-corrected chi connectivity index (χ0v) is 14.3. The summed E-state index contributed by atoms with van der Waals surface area (Å²) in [7, 11) is 0. The maximum atomic E-state index is 11.7. The average Bonchev–Trinajstić information content (AvgIpc) is 3.00. The molecule has 1 aliphatic rings. The molecule has 2 heterocycles. The number of rotatable bonds is 4. The van der Waals surface area contributed by atoms with E-state index < -0.39 is 11.7 Å². The van der Waals surface area contributed by atoms with Crippen LogP contribution in [0.4, 0.5) is 16.4 Å². The number of nitrogens with one attached hydrogen (secondary N) is 2. The number of benzene rings is 1. The Hall–Kier alpha value is -3.03. The summed E-state index contributed by atoms with van der Waals surface area (Å²) in [5.74, 6) is 2.40. The summed E-state index contributed by atoms with van der Waals surface area (Å²) >= 11 is 0. The van der Waals surface area contributed by atoms with E-state index in [-0.39, 0.29) is 6.79 Å². The third kappa shape index (κ3) is 4.72. The van der Waals surface area contributed by atoms with Crippen LogP contribution in [0.3, 0.4) is 0 Å². The van der Waals surface area contributed by atoms with E-state index >= 15 is 0 Å². The summed E-state index contributed by atoms with van der Waals surface area (Å²) in [4.78, 5) is 11.7. The van der Waals surface area contributed by atoms with E-state index in [1.807, 2.05) is 18.2 Å². The van der Waals surface area contributed by atoms with Crippen molar-refractivity contribution in [1.82, 2.24) is 10.2 Å². The molecule has 1 amide bonds. The van der Waals surface area contributed by atoms with E-state index in [9.17, 15) is 4.79 Å². The van der Waals surface area contributed by atoms with Gasteiger partial charge in [0, 0.05) is 6.54 Å². The Labute approximate surface area is 145 Å². The van der Waals surface area contributed by atoms with Crippen LogP contribution in [0.5, 0.6) is 11.5 Å². The van der Waals surface area contributed by atoms with Crippen molar-refractivity contribution in [2.24, 2.45) is 0 Å². The fourth-order valence-electron chi connectivity index (χ4n) is 2.14. The Morgan fingerprint density at radius 2 is 1.84 bits per heavy atom. The number of amides is 1. The van der Waals surface area contributed by atoms with Gasteiger partial charge in [-0.05, 0) is 50.6 Å². The molecule has 0 atom stereocenters. The quantitative estimate of drug-likeness (QED) is 0.879. The third-order valence-corrected chi connectivity index (χ3v) is 3.20. The molecular formula is C17H20N4O4. The fourth-order valence-corrected chi connectivity index (χ4v) is 2.14. The molecule has 0 aliphatic carbocycles. The molecule has 0 unspecified atom stereocenters. The minimum Gasteiger partial charge on any atom is -0.454 e. The van der Waals surface area contributed by atoms with Crippen LogP contribution in [0, 0.1) is 0 Å². The molecule has 8 heteroatoms. The number of carbonyl (C=O) groups excluding carboxylic acids is 1. The summed E-state index contributed by atoms with van der Waals surface area (Å²) < 4.78 is 15.8. The lowest BCUT2D eigenvalue weighted by Crippen LogP contribution is -2.27.